The van der Waals surface area contributed by atoms with Crippen molar-refractivity contribution in [2.24, 2.45) is 0 Å². The molecule has 0 N–H and O–H groups in total. The zero-order chi connectivity index (χ0) is 18.1. The molecule has 0 saturated heterocycles. The monoisotopic (exact) mass is 382 g/mol. The van der Waals surface area contributed by atoms with Crippen molar-refractivity contribution in [1.82, 2.24) is 9.38 Å². The van der Waals surface area contributed by atoms with Gasteiger partial charge in [-0.2, -0.15) is 0 Å². The molecule has 0 radical (unpaired) electrons. The molecular formula is C20H15ClN2O2S. The summed E-state index contributed by atoms with van der Waals surface area (Å²) in [7, 11) is 1.39. The third kappa shape index (κ3) is 2.79. The average Bonchev–Trinajstić information content (AvgIpc) is 3.31. The summed E-state index contributed by atoms with van der Waals surface area (Å²) >= 11 is 8.01. The maximum Gasteiger partial charge on any atom is 0.319 e. The highest BCUT2D eigenvalue weighted by atomic mass is 35.5. The molecule has 0 aliphatic rings. The van der Waals surface area contributed by atoms with Gasteiger partial charge in [-0.1, -0.05) is 41.9 Å². The Hall–Kier alpha value is -2.63. The van der Waals surface area contributed by atoms with Gasteiger partial charge in [0.05, 0.1) is 17.7 Å². The fraction of sp³-hybridized carbons (Fsp3) is 0.100. The first-order valence-electron chi connectivity index (χ1n) is 8.04. The molecule has 0 fully saturated rings. The lowest BCUT2D eigenvalue weighted by molar-refractivity contribution is -0.141. The average molecular weight is 383 g/mol. The van der Waals surface area contributed by atoms with Crippen LogP contribution in [0.15, 0.2) is 66.2 Å². The van der Waals surface area contributed by atoms with E-state index in [1.54, 1.807) is 17.4 Å². The first-order chi connectivity index (χ1) is 12.7. The number of halogens is 1. The highest BCUT2D eigenvalue weighted by Crippen LogP contribution is 2.38. The molecule has 4 nitrogen and oxygen atoms in total. The van der Waals surface area contributed by atoms with Crippen molar-refractivity contribution in [2.75, 3.05) is 7.11 Å². The minimum atomic E-state index is -0.678. The van der Waals surface area contributed by atoms with Gasteiger partial charge in [0, 0.05) is 11.2 Å². The lowest BCUT2D eigenvalue weighted by Gasteiger charge is -2.18. The normalized spacial score (nSPS) is 12.2. The number of thiophene rings is 1. The Morgan fingerprint density at radius 3 is 2.69 bits per heavy atom. The largest absolute Gasteiger partial charge is 0.468 e. The van der Waals surface area contributed by atoms with Crippen LogP contribution < -0.4 is 0 Å². The van der Waals surface area contributed by atoms with Crippen LogP contribution in [-0.2, 0) is 9.53 Å². The second-order valence-electron chi connectivity index (χ2n) is 5.73. The Bertz CT molecular complexity index is 1070. The molecule has 1 atom stereocenters. The van der Waals surface area contributed by atoms with E-state index in [2.05, 4.69) is 0 Å². The first kappa shape index (κ1) is 16.8. The third-order valence-electron chi connectivity index (χ3n) is 4.25. The minimum Gasteiger partial charge on any atom is -0.468 e. The van der Waals surface area contributed by atoms with E-state index in [0.717, 1.165) is 21.9 Å². The molecule has 0 aliphatic carbocycles. The van der Waals surface area contributed by atoms with Crippen molar-refractivity contribution in [1.29, 1.82) is 0 Å². The van der Waals surface area contributed by atoms with Crippen LogP contribution in [0.3, 0.4) is 0 Å². The second-order valence-corrected chi connectivity index (χ2v) is 7.08. The second kappa shape index (κ2) is 6.94. The van der Waals surface area contributed by atoms with Gasteiger partial charge >= 0.3 is 5.97 Å². The summed E-state index contributed by atoms with van der Waals surface area (Å²) in [6.07, 6.45) is 1.90. The van der Waals surface area contributed by atoms with Gasteiger partial charge in [0.2, 0.25) is 0 Å². The standard InChI is InChI=1S/C20H15ClN2O2S/c1-25-20(24)17(13-7-2-3-8-14(13)21)19-18(15-9-6-12-26-15)22-16-10-4-5-11-23(16)19/h2-12,17H,1H3. The van der Waals surface area contributed by atoms with Crippen molar-refractivity contribution in [3.05, 3.63) is 82.5 Å². The number of hydrogen-bond donors (Lipinski definition) is 0. The zero-order valence-electron chi connectivity index (χ0n) is 13.9. The fourth-order valence-corrected chi connectivity index (χ4v) is 4.07. The lowest BCUT2D eigenvalue weighted by Crippen LogP contribution is -2.18. The number of carbonyl (C=O) groups is 1. The van der Waals surface area contributed by atoms with Crippen LogP contribution in [0.1, 0.15) is 17.2 Å². The fourth-order valence-electron chi connectivity index (χ4n) is 3.10. The molecule has 0 aliphatic heterocycles. The van der Waals surface area contributed by atoms with Crippen LogP contribution in [-0.4, -0.2) is 22.5 Å². The van der Waals surface area contributed by atoms with Crippen LogP contribution in [0.25, 0.3) is 16.2 Å². The van der Waals surface area contributed by atoms with Crippen LogP contribution in [0.2, 0.25) is 5.02 Å². The first-order valence-corrected chi connectivity index (χ1v) is 9.29. The number of pyridine rings is 1. The maximum atomic E-state index is 12.8. The Morgan fingerprint density at radius 2 is 1.96 bits per heavy atom. The quantitative estimate of drug-likeness (QED) is 0.465. The van der Waals surface area contributed by atoms with Crippen LogP contribution in [0.5, 0.6) is 0 Å². The predicted octanol–water partition coefficient (Wildman–Crippen LogP) is 5.02. The van der Waals surface area contributed by atoms with Gasteiger partial charge in [-0.15, -0.1) is 11.3 Å². The van der Waals surface area contributed by atoms with Gasteiger partial charge in [-0.25, -0.2) is 4.98 Å². The molecule has 130 valence electrons. The summed E-state index contributed by atoms with van der Waals surface area (Å²) in [5.74, 6) is -1.05. The Kier molecular flexibility index (Phi) is 4.49. The van der Waals surface area contributed by atoms with Gasteiger partial charge in [0.25, 0.3) is 0 Å². The number of aromatic nitrogens is 2. The highest BCUT2D eigenvalue weighted by Gasteiger charge is 2.32. The van der Waals surface area contributed by atoms with Gasteiger partial charge in [-0.3, -0.25) is 4.79 Å². The number of benzene rings is 1. The van der Waals surface area contributed by atoms with E-state index in [1.165, 1.54) is 7.11 Å². The summed E-state index contributed by atoms with van der Waals surface area (Å²) < 4.78 is 7.06. The van der Waals surface area contributed by atoms with Crippen molar-refractivity contribution < 1.29 is 9.53 Å². The molecule has 26 heavy (non-hydrogen) atoms. The van der Waals surface area contributed by atoms with Gasteiger partial charge in [0.1, 0.15) is 17.3 Å². The van der Waals surface area contributed by atoms with E-state index in [0.29, 0.717) is 10.6 Å². The molecule has 1 unspecified atom stereocenters. The molecule has 4 rings (SSSR count). The third-order valence-corrected chi connectivity index (χ3v) is 5.47. The number of nitrogens with zero attached hydrogens (tertiary/aromatic N) is 2. The number of esters is 1. The summed E-state index contributed by atoms with van der Waals surface area (Å²) in [4.78, 5) is 18.6. The number of hydrogen-bond acceptors (Lipinski definition) is 4. The molecule has 6 heteroatoms. The highest BCUT2D eigenvalue weighted by molar-refractivity contribution is 7.13. The summed E-state index contributed by atoms with van der Waals surface area (Å²) in [6, 6.07) is 17.1. The SMILES string of the molecule is COC(=O)C(c1ccccc1Cl)c1c(-c2cccs2)nc2ccccn12. The predicted molar refractivity (Wildman–Crippen MR) is 104 cm³/mol. The molecule has 0 saturated carbocycles. The molecule has 3 aromatic heterocycles. The molecule has 0 amide bonds. The van der Waals surface area contributed by atoms with E-state index in [9.17, 15) is 4.79 Å². The van der Waals surface area contributed by atoms with Gasteiger partial charge in [0.15, 0.2) is 0 Å². The molecule has 1 aromatic carbocycles. The van der Waals surface area contributed by atoms with Crippen molar-refractivity contribution >= 4 is 34.6 Å². The van der Waals surface area contributed by atoms with Crippen molar-refractivity contribution in [2.45, 2.75) is 5.92 Å². The summed E-state index contributed by atoms with van der Waals surface area (Å²) in [5, 5.41) is 2.51. The Labute approximate surface area is 159 Å². The van der Waals surface area contributed by atoms with Crippen LogP contribution in [0.4, 0.5) is 0 Å². The topological polar surface area (TPSA) is 43.6 Å². The molecule has 0 bridgehead atoms. The lowest BCUT2D eigenvalue weighted by atomic mass is 9.93. The Balaban J connectivity index is 2.05. The molecule has 4 aromatic rings. The van der Waals surface area contributed by atoms with E-state index >= 15 is 0 Å². The van der Waals surface area contributed by atoms with Crippen molar-refractivity contribution in [3.63, 3.8) is 0 Å². The number of fused-ring (bicyclic) bond motifs is 1. The minimum absolute atomic E-state index is 0.374. The smallest absolute Gasteiger partial charge is 0.319 e. The zero-order valence-corrected chi connectivity index (χ0v) is 15.5. The van der Waals surface area contributed by atoms with Crippen molar-refractivity contribution in [3.8, 4) is 10.6 Å². The van der Waals surface area contributed by atoms with Gasteiger partial charge < -0.3 is 9.14 Å². The number of imidazole rings is 1. The number of carbonyl (C=O) groups excluding carboxylic acids is 1. The Morgan fingerprint density at radius 1 is 1.15 bits per heavy atom. The van der Waals surface area contributed by atoms with E-state index in [4.69, 9.17) is 21.3 Å². The van der Waals surface area contributed by atoms with Crippen LogP contribution in [0, 0.1) is 0 Å². The van der Waals surface area contributed by atoms with E-state index in [1.807, 2.05) is 64.5 Å². The number of methoxy groups -OCH3 is 1. The van der Waals surface area contributed by atoms with E-state index in [-0.39, 0.29) is 5.97 Å². The van der Waals surface area contributed by atoms with Gasteiger partial charge in [-0.05, 0) is 35.2 Å². The molecule has 3 heterocycles. The van der Waals surface area contributed by atoms with Crippen LogP contribution >= 0.6 is 22.9 Å². The molecule has 0 spiro atoms. The molecular weight excluding hydrogens is 368 g/mol. The summed E-state index contributed by atoms with van der Waals surface area (Å²) in [5.41, 5.74) is 2.99. The summed E-state index contributed by atoms with van der Waals surface area (Å²) in [6.45, 7) is 0. The van der Waals surface area contributed by atoms with E-state index < -0.39 is 5.92 Å². The maximum absolute atomic E-state index is 12.8. The number of rotatable bonds is 4. The number of ether oxygens (including phenoxy) is 1.